The number of nitrogens with two attached hydrogens (primary N) is 2. The largest absolute Gasteiger partial charge is 0.488 e. The smallest absolute Gasteiger partial charge is 0.152 e. The van der Waals surface area contributed by atoms with Gasteiger partial charge in [-0.1, -0.05) is 25.1 Å². The Labute approximate surface area is 118 Å². The fourth-order valence-electron chi connectivity index (χ4n) is 2.06. The first-order chi connectivity index (χ1) is 9.54. The summed E-state index contributed by atoms with van der Waals surface area (Å²) in [5, 5.41) is 0. The highest BCUT2D eigenvalue weighted by Crippen LogP contribution is 2.30. The van der Waals surface area contributed by atoms with E-state index in [1.165, 1.54) is 0 Å². The lowest BCUT2D eigenvalue weighted by molar-refractivity contribution is 0.302. The van der Waals surface area contributed by atoms with Crippen LogP contribution in [0.2, 0.25) is 0 Å². The lowest BCUT2D eigenvalue weighted by Gasteiger charge is -2.14. The Hall–Kier alpha value is -2.23. The Morgan fingerprint density at radius 3 is 2.50 bits per heavy atom. The van der Waals surface area contributed by atoms with Gasteiger partial charge in [0.1, 0.15) is 12.4 Å². The Morgan fingerprint density at radius 2 is 1.85 bits per heavy atom. The molecule has 0 aliphatic rings. The molecular weight excluding hydrogens is 255 g/mol. The Bertz CT molecular complexity index is 626. The third-order valence-corrected chi connectivity index (χ3v) is 3.41. The number of rotatable bonds is 4. The molecule has 20 heavy (non-hydrogen) atoms. The monoisotopic (exact) mass is 274 g/mol. The quantitative estimate of drug-likeness (QED) is 0.839. The number of anilines is 2. The summed E-state index contributed by atoms with van der Waals surface area (Å²) in [5.41, 5.74) is 14.5. The zero-order valence-corrected chi connectivity index (χ0v) is 11.7. The van der Waals surface area contributed by atoms with Gasteiger partial charge in [-0.15, -0.1) is 0 Å². The van der Waals surface area contributed by atoms with E-state index in [1.54, 1.807) is 13.0 Å². The number of aryl methyl sites for hydroxylation is 1. The molecule has 0 bridgehead atoms. The van der Waals surface area contributed by atoms with E-state index in [-0.39, 0.29) is 5.69 Å². The fourth-order valence-corrected chi connectivity index (χ4v) is 2.06. The number of para-hydroxylation sites is 1. The van der Waals surface area contributed by atoms with Crippen LogP contribution in [0.1, 0.15) is 23.6 Å². The molecule has 0 aromatic heterocycles. The zero-order valence-electron chi connectivity index (χ0n) is 11.7. The number of halogens is 1. The molecule has 3 nitrogen and oxygen atoms in total. The molecule has 0 heterocycles. The maximum Gasteiger partial charge on any atom is 0.152 e. The number of ether oxygens (including phenoxy) is 1. The highest BCUT2D eigenvalue weighted by atomic mass is 19.1. The van der Waals surface area contributed by atoms with Crippen LogP contribution in [-0.2, 0) is 13.0 Å². The summed E-state index contributed by atoms with van der Waals surface area (Å²) in [6.45, 7) is 3.90. The van der Waals surface area contributed by atoms with Crippen molar-refractivity contribution in [3.05, 3.63) is 52.8 Å². The number of hydrogen-bond donors (Lipinski definition) is 2. The predicted molar refractivity (Wildman–Crippen MR) is 80.1 cm³/mol. The maximum atomic E-state index is 14.0. The molecule has 0 aliphatic carbocycles. The molecule has 4 heteroatoms. The van der Waals surface area contributed by atoms with E-state index in [0.29, 0.717) is 30.0 Å². The summed E-state index contributed by atoms with van der Waals surface area (Å²) in [6.07, 6.45) is 0.660. The second-order valence-electron chi connectivity index (χ2n) is 4.73. The normalized spacial score (nSPS) is 10.6. The Morgan fingerprint density at radius 1 is 1.15 bits per heavy atom. The van der Waals surface area contributed by atoms with E-state index in [4.69, 9.17) is 16.2 Å². The van der Waals surface area contributed by atoms with Crippen LogP contribution in [0.25, 0.3) is 0 Å². The molecule has 2 aromatic rings. The first-order valence-electron chi connectivity index (χ1n) is 6.58. The van der Waals surface area contributed by atoms with E-state index >= 15 is 0 Å². The molecule has 0 saturated heterocycles. The summed E-state index contributed by atoms with van der Waals surface area (Å²) < 4.78 is 19.7. The number of nitrogen functional groups attached to an aromatic ring is 2. The summed E-state index contributed by atoms with van der Waals surface area (Å²) in [7, 11) is 0. The summed E-state index contributed by atoms with van der Waals surface area (Å²) >= 11 is 0. The van der Waals surface area contributed by atoms with Gasteiger partial charge in [-0.2, -0.15) is 0 Å². The van der Waals surface area contributed by atoms with Crippen molar-refractivity contribution in [3.8, 4) is 5.75 Å². The van der Waals surface area contributed by atoms with Crippen LogP contribution >= 0.6 is 0 Å². The molecule has 0 atom stereocenters. The van der Waals surface area contributed by atoms with E-state index in [0.717, 1.165) is 11.1 Å². The molecule has 0 spiro atoms. The molecule has 2 aromatic carbocycles. The van der Waals surface area contributed by atoms with Crippen molar-refractivity contribution >= 4 is 11.4 Å². The molecule has 0 aliphatic heterocycles. The first kappa shape index (κ1) is 14.2. The van der Waals surface area contributed by atoms with Crippen LogP contribution in [0.15, 0.2) is 30.3 Å². The van der Waals surface area contributed by atoms with Crippen LogP contribution in [0, 0.1) is 12.7 Å². The van der Waals surface area contributed by atoms with Crippen LogP contribution in [-0.4, -0.2) is 0 Å². The fraction of sp³-hybridized carbons (Fsp3) is 0.250. The number of hydrogen-bond acceptors (Lipinski definition) is 3. The molecular formula is C16H19FN2O. The van der Waals surface area contributed by atoms with Gasteiger partial charge in [0, 0.05) is 16.8 Å². The lowest BCUT2D eigenvalue weighted by atomic mass is 10.1. The minimum atomic E-state index is -0.402. The van der Waals surface area contributed by atoms with Gasteiger partial charge in [0.2, 0.25) is 0 Å². The summed E-state index contributed by atoms with van der Waals surface area (Å²) in [5.74, 6) is 0.109. The average molecular weight is 274 g/mol. The van der Waals surface area contributed by atoms with Gasteiger partial charge < -0.3 is 16.2 Å². The first-order valence-corrected chi connectivity index (χ1v) is 6.58. The maximum absolute atomic E-state index is 14.0. The van der Waals surface area contributed by atoms with Crippen LogP contribution in [0.5, 0.6) is 5.75 Å². The van der Waals surface area contributed by atoms with E-state index in [2.05, 4.69) is 0 Å². The van der Waals surface area contributed by atoms with Crippen LogP contribution in [0.4, 0.5) is 15.8 Å². The zero-order chi connectivity index (χ0) is 14.7. The third kappa shape index (κ3) is 2.69. The number of benzene rings is 2. The average Bonchev–Trinajstić information content (AvgIpc) is 2.46. The highest BCUT2D eigenvalue weighted by molar-refractivity contribution is 5.56. The van der Waals surface area contributed by atoms with Gasteiger partial charge in [0.05, 0.1) is 5.69 Å². The molecule has 106 valence electrons. The van der Waals surface area contributed by atoms with E-state index in [9.17, 15) is 4.39 Å². The van der Waals surface area contributed by atoms with Crippen molar-refractivity contribution < 1.29 is 9.13 Å². The van der Waals surface area contributed by atoms with Crippen molar-refractivity contribution in [3.63, 3.8) is 0 Å². The van der Waals surface area contributed by atoms with Gasteiger partial charge in [0.25, 0.3) is 0 Å². The van der Waals surface area contributed by atoms with Crippen molar-refractivity contribution in [2.75, 3.05) is 11.5 Å². The Kier molecular flexibility index (Phi) is 4.13. The third-order valence-electron chi connectivity index (χ3n) is 3.41. The van der Waals surface area contributed by atoms with Crippen LogP contribution < -0.4 is 16.2 Å². The minimum absolute atomic E-state index is 0.205. The van der Waals surface area contributed by atoms with E-state index < -0.39 is 5.82 Å². The lowest BCUT2D eigenvalue weighted by Crippen LogP contribution is -2.05. The molecule has 0 unspecified atom stereocenters. The minimum Gasteiger partial charge on any atom is -0.488 e. The summed E-state index contributed by atoms with van der Waals surface area (Å²) in [6, 6.07) is 9.25. The molecule has 0 amide bonds. The predicted octanol–water partition coefficient (Wildman–Crippen LogP) is 3.44. The van der Waals surface area contributed by atoms with Crippen LogP contribution in [0.3, 0.4) is 0 Å². The second kappa shape index (κ2) is 5.82. The van der Waals surface area contributed by atoms with Crippen molar-refractivity contribution in [2.24, 2.45) is 0 Å². The van der Waals surface area contributed by atoms with E-state index in [1.807, 2.05) is 31.2 Å². The van der Waals surface area contributed by atoms with Gasteiger partial charge >= 0.3 is 0 Å². The highest BCUT2D eigenvalue weighted by Gasteiger charge is 2.13. The van der Waals surface area contributed by atoms with Crippen molar-refractivity contribution in [1.29, 1.82) is 0 Å². The van der Waals surface area contributed by atoms with Gasteiger partial charge in [-0.05, 0) is 31.0 Å². The van der Waals surface area contributed by atoms with Gasteiger partial charge in [-0.25, -0.2) is 4.39 Å². The molecule has 0 radical (unpaired) electrons. The van der Waals surface area contributed by atoms with Crippen molar-refractivity contribution in [2.45, 2.75) is 26.9 Å². The van der Waals surface area contributed by atoms with Gasteiger partial charge in [0.15, 0.2) is 5.82 Å². The molecule has 4 N–H and O–H groups in total. The summed E-state index contributed by atoms with van der Waals surface area (Å²) in [4.78, 5) is 0. The topological polar surface area (TPSA) is 61.3 Å². The molecule has 0 fully saturated rings. The van der Waals surface area contributed by atoms with Crippen molar-refractivity contribution in [1.82, 2.24) is 0 Å². The molecule has 2 rings (SSSR count). The SMILES string of the molecule is CCc1cc(OCc2ccccc2N)c(C)c(F)c1N. The standard InChI is InChI=1S/C16H19FN2O/c1-3-11-8-14(10(2)15(17)16(11)19)20-9-12-6-4-5-7-13(12)18/h4-8H,3,9,18-19H2,1-2H3. The second-order valence-corrected chi connectivity index (χ2v) is 4.73. The molecule has 0 saturated carbocycles. The van der Waals surface area contributed by atoms with Gasteiger partial charge in [-0.3, -0.25) is 0 Å². The Balaban J connectivity index is 2.26.